The lowest BCUT2D eigenvalue weighted by molar-refractivity contribution is -0.0472. The first-order chi connectivity index (χ1) is 10.5. The third-order valence-corrected chi connectivity index (χ3v) is 4.99. The maximum Gasteiger partial charge on any atom is 0.113 e. The molecule has 0 amide bonds. The van der Waals surface area contributed by atoms with Crippen molar-refractivity contribution in [1.29, 1.82) is 0 Å². The van der Waals surface area contributed by atoms with E-state index in [1.807, 2.05) is 0 Å². The molecule has 0 saturated carbocycles. The van der Waals surface area contributed by atoms with Crippen LogP contribution in [-0.2, 0) is 9.47 Å². The van der Waals surface area contributed by atoms with Crippen LogP contribution in [0.25, 0.3) is 0 Å². The molecule has 2 rings (SSSR count). The number of rotatable bonds is 7. The quantitative estimate of drug-likeness (QED) is 0.721. The highest BCUT2D eigenvalue weighted by Crippen LogP contribution is 2.26. The second kappa shape index (κ2) is 8.09. The van der Waals surface area contributed by atoms with Gasteiger partial charge in [0.15, 0.2) is 0 Å². The zero-order valence-corrected chi connectivity index (χ0v) is 15.4. The fraction of sp³-hybridized carbons (Fsp3) is 1.00. The van der Waals surface area contributed by atoms with Crippen molar-refractivity contribution in [2.45, 2.75) is 79.0 Å². The maximum absolute atomic E-state index is 6.19. The smallest absolute Gasteiger partial charge is 0.113 e. The van der Waals surface area contributed by atoms with Crippen LogP contribution in [0.15, 0.2) is 0 Å². The largest absolute Gasteiger partial charge is 0.358 e. The van der Waals surface area contributed by atoms with Gasteiger partial charge in [0, 0.05) is 26.2 Å². The summed E-state index contributed by atoms with van der Waals surface area (Å²) in [5.74, 6) is 1.10. The van der Waals surface area contributed by atoms with Crippen LogP contribution in [0, 0.1) is 11.8 Å². The molecule has 0 aromatic rings. The highest BCUT2D eigenvalue weighted by molar-refractivity contribution is 4.83. The van der Waals surface area contributed by atoms with Gasteiger partial charge in [0.25, 0.3) is 0 Å². The molecule has 0 spiro atoms. The summed E-state index contributed by atoms with van der Waals surface area (Å²) < 4.78 is 12.4. The molecule has 0 radical (unpaired) electrons. The first kappa shape index (κ1) is 18.2. The minimum atomic E-state index is 0.285. The molecule has 2 saturated heterocycles. The standard InChI is InChI=1S/C18H36N2O2/c1-7-15-11-19(17(21-15)13(3)4)9-10-20-12-16(8-2)22-18(20)14(5)6/h13-18H,7-12H2,1-6H3. The van der Waals surface area contributed by atoms with Gasteiger partial charge in [-0.05, 0) is 24.7 Å². The molecule has 4 nitrogen and oxygen atoms in total. The zero-order chi connectivity index (χ0) is 16.3. The summed E-state index contributed by atoms with van der Waals surface area (Å²) in [4.78, 5) is 5.07. The Morgan fingerprint density at radius 3 is 1.41 bits per heavy atom. The van der Waals surface area contributed by atoms with Gasteiger partial charge >= 0.3 is 0 Å². The fourth-order valence-corrected chi connectivity index (χ4v) is 3.69. The number of nitrogens with zero attached hydrogens (tertiary/aromatic N) is 2. The molecule has 22 heavy (non-hydrogen) atoms. The third-order valence-electron chi connectivity index (χ3n) is 4.99. The van der Waals surface area contributed by atoms with Crippen molar-refractivity contribution in [2.24, 2.45) is 11.8 Å². The van der Waals surface area contributed by atoms with Gasteiger partial charge in [-0.3, -0.25) is 9.80 Å². The van der Waals surface area contributed by atoms with Crippen LogP contribution in [0.2, 0.25) is 0 Å². The number of ether oxygens (including phenoxy) is 2. The van der Waals surface area contributed by atoms with E-state index in [0.29, 0.717) is 24.0 Å². The van der Waals surface area contributed by atoms with Gasteiger partial charge in [-0.15, -0.1) is 0 Å². The van der Waals surface area contributed by atoms with Gasteiger partial charge in [-0.25, -0.2) is 0 Å². The van der Waals surface area contributed by atoms with Crippen LogP contribution in [0.1, 0.15) is 54.4 Å². The van der Waals surface area contributed by atoms with E-state index in [0.717, 1.165) is 39.0 Å². The lowest BCUT2D eigenvalue weighted by atomic mass is 10.1. The summed E-state index contributed by atoms with van der Waals surface area (Å²) in [6.45, 7) is 17.8. The normalized spacial score (nSPS) is 34.4. The monoisotopic (exact) mass is 312 g/mol. The van der Waals surface area contributed by atoms with Crippen LogP contribution in [0.4, 0.5) is 0 Å². The molecule has 2 aliphatic rings. The van der Waals surface area contributed by atoms with Crippen LogP contribution in [-0.4, -0.2) is 60.6 Å². The maximum atomic E-state index is 6.19. The summed E-state index contributed by atoms with van der Waals surface area (Å²) in [7, 11) is 0. The number of hydrogen-bond donors (Lipinski definition) is 0. The first-order valence-electron chi connectivity index (χ1n) is 9.25. The van der Waals surface area contributed by atoms with Gasteiger partial charge in [-0.1, -0.05) is 41.5 Å². The van der Waals surface area contributed by atoms with E-state index in [1.165, 1.54) is 0 Å². The second-order valence-corrected chi connectivity index (χ2v) is 7.59. The van der Waals surface area contributed by atoms with E-state index in [2.05, 4.69) is 51.3 Å². The average Bonchev–Trinajstić information content (AvgIpc) is 3.08. The molecule has 2 fully saturated rings. The second-order valence-electron chi connectivity index (χ2n) is 7.59. The van der Waals surface area contributed by atoms with Crippen molar-refractivity contribution in [3.8, 4) is 0 Å². The van der Waals surface area contributed by atoms with E-state index in [-0.39, 0.29) is 12.5 Å². The molecular weight excluding hydrogens is 276 g/mol. The molecule has 0 aromatic carbocycles. The molecule has 0 aliphatic carbocycles. The van der Waals surface area contributed by atoms with E-state index in [4.69, 9.17) is 9.47 Å². The van der Waals surface area contributed by atoms with Crippen LogP contribution < -0.4 is 0 Å². The summed E-state index contributed by atoms with van der Waals surface area (Å²) in [5, 5.41) is 0. The Bertz CT molecular complexity index is 303. The molecule has 4 unspecified atom stereocenters. The Morgan fingerprint density at radius 2 is 1.14 bits per heavy atom. The Kier molecular flexibility index (Phi) is 6.69. The van der Waals surface area contributed by atoms with Gasteiger partial charge in [0.2, 0.25) is 0 Å². The van der Waals surface area contributed by atoms with Crippen molar-refractivity contribution in [3.63, 3.8) is 0 Å². The number of hydrogen-bond acceptors (Lipinski definition) is 4. The molecule has 130 valence electrons. The van der Waals surface area contributed by atoms with Gasteiger partial charge in [0.1, 0.15) is 12.5 Å². The zero-order valence-electron chi connectivity index (χ0n) is 15.4. The van der Waals surface area contributed by atoms with E-state index < -0.39 is 0 Å². The predicted octanol–water partition coefficient (Wildman–Crippen LogP) is 3.17. The lowest BCUT2D eigenvalue weighted by Gasteiger charge is -2.30. The minimum Gasteiger partial charge on any atom is -0.358 e. The third kappa shape index (κ3) is 4.22. The topological polar surface area (TPSA) is 24.9 Å². The van der Waals surface area contributed by atoms with Gasteiger partial charge < -0.3 is 9.47 Å². The van der Waals surface area contributed by atoms with E-state index in [1.54, 1.807) is 0 Å². The first-order valence-corrected chi connectivity index (χ1v) is 9.25. The molecule has 2 heterocycles. The fourth-order valence-electron chi connectivity index (χ4n) is 3.69. The molecule has 2 aliphatic heterocycles. The predicted molar refractivity (Wildman–Crippen MR) is 90.7 cm³/mol. The molecule has 4 atom stereocenters. The molecule has 0 N–H and O–H groups in total. The molecule has 0 bridgehead atoms. The minimum absolute atomic E-state index is 0.285. The van der Waals surface area contributed by atoms with Crippen LogP contribution >= 0.6 is 0 Å². The van der Waals surface area contributed by atoms with Gasteiger partial charge in [-0.2, -0.15) is 0 Å². The summed E-state index contributed by atoms with van der Waals surface area (Å²) in [5.41, 5.74) is 0. The molecular formula is C18H36N2O2. The van der Waals surface area contributed by atoms with E-state index >= 15 is 0 Å². The SMILES string of the molecule is CCC1CN(CCN2CC(CC)OC2C(C)C)C(C(C)C)O1. The Morgan fingerprint density at radius 1 is 0.773 bits per heavy atom. The Hall–Kier alpha value is -0.160. The Labute approximate surface area is 137 Å². The highest BCUT2D eigenvalue weighted by atomic mass is 16.5. The summed E-state index contributed by atoms with van der Waals surface area (Å²) in [6, 6.07) is 0. The molecule has 0 aromatic heterocycles. The van der Waals surface area contributed by atoms with Crippen LogP contribution in [0.3, 0.4) is 0 Å². The lowest BCUT2D eigenvalue weighted by Crippen LogP contribution is -2.43. The van der Waals surface area contributed by atoms with Crippen molar-refractivity contribution >= 4 is 0 Å². The highest BCUT2D eigenvalue weighted by Gasteiger charge is 2.37. The van der Waals surface area contributed by atoms with Crippen molar-refractivity contribution in [3.05, 3.63) is 0 Å². The average molecular weight is 312 g/mol. The summed E-state index contributed by atoms with van der Waals surface area (Å²) in [6.07, 6.45) is 3.61. The Balaban J connectivity index is 1.90. The molecule has 4 heteroatoms. The van der Waals surface area contributed by atoms with Crippen molar-refractivity contribution < 1.29 is 9.47 Å². The van der Waals surface area contributed by atoms with Crippen LogP contribution in [0.5, 0.6) is 0 Å². The van der Waals surface area contributed by atoms with Crippen molar-refractivity contribution in [1.82, 2.24) is 9.80 Å². The van der Waals surface area contributed by atoms with Crippen molar-refractivity contribution in [2.75, 3.05) is 26.2 Å². The summed E-state index contributed by atoms with van der Waals surface area (Å²) >= 11 is 0. The van der Waals surface area contributed by atoms with Gasteiger partial charge in [0.05, 0.1) is 12.2 Å². The van der Waals surface area contributed by atoms with E-state index in [9.17, 15) is 0 Å².